The second-order valence-electron chi connectivity index (χ2n) is 2.90. The highest BCUT2D eigenvalue weighted by molar-refractivity contribution is 7.07. The van der Waals surface area contributed by atoms with Crippen molar-refractivity contribution < 1.29 is 14.3 Å². The van der Waals surface area contributed by atoms with E-state index in [1.807, 2.05) is 16.8 Å². The number of esters is 1. The smallest absolute Gasteiger partial charge is 0.308 e. The van der Waals surface area contributed by atoms with E-state index in [2.05, 4.69) is 5.32 Å². The lowest BCUT2D eigenvalue weighted by Gasteiger charge is -2.13. The number of thiophene rings is 1. The highest BCUT2D eigenvalue weighted by Gasteiger charge is 2.16. The van der Waals surface area contributed by atoms with Crippen molar-refractivity contribution in [2.75, 3.05) is 6.61 Å². The number of nitrogens with one attached hydrogen (secondary N) is 1. The van der Waals surface area contributed by atoms with E-state index in [1.54, 1.807) is 6.92 Å². The molecule has 0 aliphatic carbocycles. The number of hydrogen-bond donors (Lipinski definition) is 1. The Bertz CT molecular complexity index is 310. The van der Waals surface area contributed by atoms with E-state index in [4.69, 9.17) is 4.74 Å². The topological polar surface area (TPSA) is 55.4 Å². The molecule has 15 heavy (non-hydrogen) atoms. The minimum absolute atomic E-state index is 0.170. The third kappa shape index (κ3) is 3.71. The molecular weight excluding hydrogens is 214 g/mol. The van der Waals surface area contributed by atoms with E-state index >= 15 is 0 Å². The Morgan fingerprint density at radius 2 is 2.53 bits per heavy atom. The van der Waals surface area contributed by atoms with Crippen LogP contribution in [0.25, 0.3) is 0 Å². The van der Waals surface area contributed by atoms with Crippen LogP contribution in [0.4, 0.5) is 0 Å². The molecule has 0 fully saturated rings. The maximum Gasteiger partial charge on any atom is 0.308 e. The fourth-order valence-corrected chi connectivity index (χ4v) is 1.93. The van der Waals surface area contributed by atoms with Gasteiger partial charge in [-0.1, -0.05) is 0 Å². The summed E-state index contributed by atoms with van der Waals surface area (Å²) in [5.74, 6) is -0.303. The molecule has 4 nitrogen and oxygen atoms in total. The lowest BCUT2D eigenvalue weighted by molar-refractivity contribution is -0.143. The van der Waals surface area contributed by atoms with E-state index in [9.17, 15) is 9.59 Å². The number of hydrogen-bond acceptors (Lipinski definition) is 4. The molecule has 1 rings (SSSR count). The number of rotatable bonds is 6. The van der Waals surface area contributed by atoms with Crippen molar-refractivity contribution in [2.24, 2.45) is 0 Å². The molecule has 0 saturated heterocycles. The van der Waals surface area contributed by atoms with E-state index in [-0.39, 0.29) is 18.4 Å². The summed E-state index contributed by atoms with van der Waals surface area (Å²) in [6.45, 7) is 2.11. The zero-order valence-corrected chi connectivity index (χ0v) is 9.25. The third-order valence-corrected chi connectivity index (χ3v) is 2.59. The van der Waals surface area contributed by atoms with E-state index in [0.717, 1.165) is 5.56 Å². The van der Waals surface area contributed by atoms with Crippen molar-refractivity contribution in [1.29, 1.82) is 0 Å². The summed E-state index contributed by atoms with van der Waals surface area (Å²) in [5.41, 5.74) is 0.931. The molecule has 1 amide bonds. The maximum atomic E-state index is 11.2. The van der Waals surface area contributed by atoms with Gasteiger partial charge in [0.2, 0.25) is 6.41 Å². The van der Waals surface area contributed by atoms with Crippen LogP contribution in [0.3, 0.4) is 0 Å². The van der Waals surface area contributed by atoms with Crippen LogP contribution in [0.2, 0.25) is 0 Å². The molecule has 5 heteroatoms. The van der Waals surface area contributed by atoms with Crippen molar-refractivity contribution in [3.63, 3.8) is 0 Å². The van der Waals surface area contributed by atoms with Crippen molar-refractivity contribution in [2.45, 2.75) is 19.4 Å². The van der Waals surface area contributed by atoms with Crippen LogP contribution < -0.4 is 5.32 Å². The summed E-state index contributed by atoms with van der Waals surface area (Å²) in [4.78, 5) is 21.6. The van der Waals surface area contributed by atoms with Crippen molar-refractivity contribution in [3.05, 3.63) is 22.4 Å². The number of carbonyl (C=O) groups excluding carboxylic acids is 2. The Morgan fingerprint density at radius 1 is 1.73 bits per heavy atom. The molecule has 1 atom stereocenters. The van der Waals surface area contributed by atoms with Crippen LogP contribution in [0, 0.1) is 0 Å². The summed E-state index contributed by atoms with van der Waals surface area (Å²) < 4.78 is 4.83. The summed E-state index contributed by atoms with van der Waals surface area (Å²) in [6.07, 6.45) is 0.769. The van der Waals surface area contributed by atoms with Crippen molar-refractivity contribution >= 4 is 23.7 Å². The first-order valence-corrected chi connectivity index (χ1v) is 5.59. The molecule has 1 unspecified atom stereocenters. The molecule has 1 heterocycles. The average Bonchev–Trinajstić information content (AvgIpc) is 2.70. The van der Waals surface area contributed by atoms with Gasteiger partial charge in [0.15, 0.2) is 0 Å². The lowest BCUT2D eigenvalue weighted by atomic mass is 10.1. The SMILES string of the molecule is CCOC(=O)CC(NC=O)c1ccsc1. The van der Waals surface area contributed by atoms with Crippen LogP contribution in [-0.2, 0) is 14.3 Å². The van der Waals surface area contributed by atoms with Gasteiger partial charge in [-0.2, -0.15) is 11.3 Å². The molecule has 0 radical (unpaired) electrons. The van der Waals surface area contributed by atoms with E-state index in [0.29, 0.717) is 13.0 Å². The standard InChI is InChI=1S/C10H13NO3S/c1-2-14-10(13)5-9(11-7-12)8-3-4-15-6-8/h3-4,6-7,9H,2,5H2,1H3,(H,11,12). The Morgan fingerprint density at radius 3 is 3.07 bits per heavy atom. The van der Waals surface area contributed by atoms with Gasteiger partial charge >= 0.3 is 5.97 Å². The van der Waals surface area contributed by atoms with Gasteiger partial charge in [-0.3, -0.25) is 9.59 Å². The van der Waals surface area contributed by atoms with Crippen LogP contribution in [-0.4, -0.2) is 19.0 Å². The highest BCUT2D eigenvalue weighted by atomic mass is 32.1. The monoisotopic (exact) mass is 227 g/mol. The summed E-state index contributed by atoms with van der Waals surface area (Å²) >= 11 is 1.53. The molecule has 0 saturated carbocycles. The second-order valence-corrected chi connectivity index (χ2v) is 3.68. The maximum absolute atomic E-state index is 11.2. The van der Waals surface area contributed by atoms with E-state index in [1.165, 1.54) is 11.3 Å². The largest absolute Gasteiger partial charge is 0.466 e. The summed E-state index contributed by atoms with van der Waals surface area (Å²) in [6, 6.07) is 1.60. The average molecular weight is 227 g/mol. The predicted octanol–water partition coefficient (Wildman–Crippen LogP) is 1.49. The molecule has 1 N–H and O–H groups in total. The molecule has 82 valence electrons. The van der Waals surface area contributed by atoms with Crippen LogP contribution in [0.15, 0.2) is 16.8 Å². The molecule has 0 aromatic carbocycles. The molecule has 1 aromatic rings. The lowest BCUT2D eigenvalue weighted by Crippen LogP contribution is -2.23. The van der Waals surface area contributed by atoms with Gasteiger partial charge in [-0.25, -0.2) is 0 Å². The van der Waals surface area contributed by atoms with Crippen molar-refractivity contribution in [1.82, 2.24) is 5.32 Å². The van der Waals surface area contributed by atoms with Crippen LogP contribution >= 0.6 is 11.3 Å². The first-order chi connectivity index (χ1) is 7.27. The van der Waals surface area contributed by atoms with Gasteiger partial charge in [-0.15, -0.1) is 0 Å². The van der Waals surface area contributed by atoms with Crippen LogP contribution in [0.5, 0.6) is 0 Å². The molecular formula is C10H13NO3S. The van der Waals surface area contributed by atoms with Gasteiger partial charge in [0, 0.05) is 0 Å². The Balaban J connectivity index is 2.59. The molecule has 1 aromatic heterocycles. The first kappa shape index (κ1) is 11.7. The number of carbonyl (C=O) groups is 2. The fraction of sp³-hybridized carbons (Fsp3) is 0.400. The number of amides is 1. The molecule has 0 spiro atoms. The normalized spacial score (nSPS) is 11.8. The highest BCUT2D eigenvalue weighted by Crippen LogP contribution is 2.19. The Hall–Kier alpha value is -1.36. The zero-order valence-electron chi connectivity index (χ0n) is 8.43. The second kappa shape index (κ2) is 6.19. The number of ether oxygens (including phenoxy) is 1. The van der Waals surface area contributed by atoms with Gasteiger partial charge in [0.25, 0.3) is 0 Å². The van der Waals surface area contributed by atoms with Gasteiger partial charge in [0.05, 0.1) is 19.1 Å². The quantitative estimate of drug-likeness (QED) is 0.591. The third-order valence-electron chi connectivity index (χ3n) is 1.89. The van der Waals surface area contributed by atoms with Gasteiger partial charge < -0.3 is 10.1 Å². The first-order valence-electron chi connectivity index (χ1n) is 4.65. The summed E-state index contributed by atoms with van der Waals surface area (Å²) in [5, 5.41) is 6.41. The van der Waals surface area contributed by atoms with Crippen molar-refractivity contribution in [3.8, 4) is 0 Å². The minimum Gasteiger partial charge on any atom is -0.466 e. The molecule has 0 bridgehead atoms. The van der Waals surface area contributed by atoms with Gasteiger partial charge in [0.1, 0.15) is 0 Å². The van der Waals surface area contributed by atoms with E-state index < -0.39 is 0 Å². The predicted molar refractivity (Wildman–Crippen MR) is 57.5 cm³/mol. The molecule has 0 aliphatic heterocycles. The molecule has 0 aliphatic rings. The summed E-state index contributed by atoms with van der Waals surface area (Å²) in [7, 11) is 0. The fourth-order valence-electron chi connectivity index (χ4n) is 1.21. The van der Waals surface area contributed by atoms with Gasteiger partial charge in [-0.05, 0) is 29.3 Å². The Kier molecular flexibility index (Phi) is 4.83. The zero-order chi connectivity index (χ0) is 11.1. The van der Waals surface area contributed by atoms with Crippen LogP contribution in [0.1, 0.15) is 24.9 Å². The Labute approximate surface area is 92.2 Å². The minimum atomic E-state index is -0.303.